The van der Waals surface area contributed by atoms with E-state index in [-0.39, 0.29) is 28.9 Å². The third-order valence-corrected chi connectivity index (χ3v) is 4.12. The lowest BCUT2D eigenvalue weighted by Gasteiger charge is -2.18. The predicted molar refractivity (Wildman–Crippen MR) is 95.9 cm³/mol. The second kappa shape index (κ2) is 7.77. The average molecular weight is 428 g/mol. The number of carbonyl (C=O) groups excluding carboxylic acids is 1. The van der Waals surface area contributed by atoms with E-state index < -0.39 is 46.6 Å². The van der Waals surface area contributed by atoms with Crippen LogP contribution in [0.15, 0.2) is 53.7 Å². The van der Waals surface area contributed by atoms with Crippen LogP contribution in [0, 0.1) is 23.3 Å². The van der Waals surface area contributed by atoms with Gasteiger partial charge in [-0.3, -0.25) is 4.79 Å². The summed E-state index contributed by atoms with van der Waals surface area (Å²) in [4.78, 5) is 15.4. The summed E-state index contributed by atoms with van der Waals surface area (Å²) in [7, 11) is 0. The Kier molecular flexibility index (Phi) is 5.51. The molecule has 0 bridgehead atoms. The summed E-state index contributed by atoms with van der Waals surface area (Å²) in [6, 6.07) is 4.01. The largest absolute Gasteiger partial charge is 0.433 e. The van der Waals surface area contributed by atoms with Crippen LogP contribution in [0.25, 0.3) is 5.57 Å². The van der Waals surface area contributed by atoms with Crippen LogP contribution in [0.4, 0.5) is 36.4 Å². The number of aliphatic imine (C=N–C) groups is 1. The zero-order valence-corrected chi connectivity index (χ0v) is 14.9. The lowest BCUT2D eigenvalue weighted by Crippen LogP contribution is -2.23. The van der Waals surface area contributed by atoms with Gasteiger partial charge in [0.15, 0.2) is 11.6 Å². The third kappa shape index (κ3) is 4.27. The molecule has 1 heterocycles. The van der Waals surface area contributed by atoms with Crippen LogP contribution in [-0.4, -0.2) is 17.8 Å². The Balaban J connectivity index is 1.89. The molecule has 1 N–H and O–H groups in total. The van der Waals surface area contributed by atoms with Crippen LogP contribution < -0.4 is 5.32 Å². The third-order valence-electron chi connectivity index (χ3n) is 4.12. The van der Waals surface area contributed by atoms with Crippen molar-refractivity contribution in [2.45, 2.75) is 12.6 Å². The Bertz CT molecular complexity index is 1120. The molecule has 0 atom stereocenters. The summed E-state index contributed by atoms with van der Waals surface area (Å²) in [5.74, 6) is -6.86. The van der Waals surface area contributed by atoms with E-state index >= 15 is 0 Å². The molecule has 10 heteroatoms. The number of hydrogen-bond donors (Lipinski definition) is 1. The van der Waals surface area contributed by atoms with Gasteiger partial charge in [-0.15, -0.1) is 0 Å². The number of halogens is 7. The molecule has 3 nitrogen and oxygen atoms in total. The van der Waals surface area contributed by atoms with Gasteiger partial charge in [-0.1, -0.05) is 6.58 Å². The molecule has 3 rings (SSSR count). The molecule has 0 fully saturated rings. The molecular formula is C20H11F7N2O. The fraction of sp³-hybridized carbons (Fsp3) is 0.100. The van der Waals surface area contributed by atoms with E-state index in [4.69, 9.17) is 0 Å². The van der Waals surface area contributed by atoms with Gasteiger partial charge in [0.05, 0.1) is 0 Å². The Labute approximate surface area is 165 Å². The molecule has 1 aliphatic heterocycles. The number of hydrogen-bond acceptors (Lipinski definition) is 2. The molecule has 0 aliphatic carbocycles. The Morgan fingerprint density at radius 3 is 2.30 bits per heavy atom. The highest BCUT2D eigenvalue weighted by Crippen LogP contribution is 2.33. The molecule has 0 radical (unpaired) electrons. The van der Waals surface area contributed by atoms with Crippen LogP contribution in [0.3, 0.4) is 0 Å². The first-order chi connectivity index (χ1) is 14.0. The first kappa shape index (κ1) is 21.3. The molecule has 1 amide bonds. The lowest BCUT2D eigenvalue weighted by molar-refractivity contribution is -0.0578. The van der Waals surface area contributed by atoms with E-state index in [2.05, 4.69) is 11.6 Å². The van der Waals surface area contributed by atoms with Gasteiger partial charge in [-0.05, 0) is 42.0 Å². The molecule has 30 heavy (non-hydrogen) atoms. The van der Waals surface area contributed by atoms with Gasteiger partial charge in [-0.2, -0.15) is 13.2 Å². The molecule has 1 aliphatic rings. The van der Waals surface area contributed by atoms with Crippen LogP contribution in [0.5, 0.6) is 0 Å². The van der Waals surface area contributed by atoms with E-state index in [1.54, 1.807) is 0 Å². The average Bonchev–Trinajstić information content (AvgIpc) is 2.64. The summed E-state index contributed by atoms with van der Waals surface area (Å²) < 4.78 is 93.9. The van der Waals surface area contributed by atoms with Crippen molar-refractivity contribution in [3.63, 3.8) is 0 Å². The number of anilines is 1. The van der Waals surface area contributed by atoms with Gasteiger partial charge >= 0.3 is 6.18 Å². The highest BCUT2D eigenvalue weighted by Gasteiger charge is 2.36. The van der Waals surface area contributed by atoms with Crippen molar-refractivity contribution in [3.05, 3.63) is 83.1 Å². The van der Waals surface area contributed by atoms with Crippen molar-refractivity contribution in [2.24, 2.45) is 4.99 Å². The van der Waals surface area contributed by atoms with Gasteiger partial charge in [0, 0.05) is 23.4 Å². The predicted octanol–water partition coefficient (Wildman–Crippen LogP) is 5.80. The van der Waals surface area contributed by atoms with Crippen molar-refractivity contribution in [1.29, 1.82) is 0 Å². The number of carbonyl (C=O) groups is 1. The molecule has 0 aromatic heterocycles. The van der Waals surface area contributed by atoms with E-state index in [0.717, 1.165) is 18.2 Å². The maximum absolute atomic E-state index is 14.5. The minimum absolute atomic E-state index is 0.0417. The molecule has 0 spiro atoms. The van der Waals surface area contributed by atoms with Crippen LogP contribution in [0.2, 0.25) is 0 Å². The molecule has 0 saturated heterocycles. The molecule has 2 aromatic rings. The quantitative estimate of drug-likeness (QED) is 0.487. The van der Waals surface area contributed by atoms with Crippen molar-refractivity contribution in [2.75, 3.05) is 5.32 Å². The summed E-state index contributed by atoms with van der Waals surface area (Å²) in [6.07, 6.45) is -4.21. The number of nitrogens with zero attached hydrogens (tertiary/aromatic N) is 1. The van der Waals surface area contributed by atoms with Crippen molar-refractivity contribution in [3.8, 4) is 0 Å². The minimum atomic E-state index is -4.75. The van der Waals surface area contributed by atoms with Crippen molar-refractivity contribution >= 4 is 22.9 Å². The number of amides is 1. The van der Waals surface area contributed by atoms with E-state index in [9.17, 15) is 35.5 Å². The van der Waals surface area contributed by atoms with Gasteiger partial charge in [0.1, 0.15) is 22.9 Å². The van der Waals surface area contributed by atoms with Gasteiger partial charge < -0.3 is 5.32 Å². The maximum atomic E-state index is 14.5. The molecular weight excluding hydrogens is 417 g/mol. The molecule has 156 valence electrons. The SMILES string of the molecule is C=C1CC(c2ccc(NC(=O)c3c(F)ccc(F)c3F)cc2F)=CC(C(F)(F)F)=N1. The number of rotatable bonds is 3. The minimum Gasteiger partial charge on any atom is -0.322 e. The summed E-state index contributed by atoms with van der Waals surface area (Å²) in [5, 5.41) is 2.01. The Morgan fingerprint density at radius 2 is 1.67 bits per heavy atom. The normalized spacial score (nSPS) is 14.3. The fourth-order valence-corrected chi connectivity index (χ4v) is 2.78. The molecule has 2 aromatic carbocycles. The van der Waals surface area contributed by atoms with E-state index in [1.807, 2.05) is 5.32 Å². The number of nitrogens with one attached hydrogen (secondary N) is 1. The van der Waals surface area contributed by atoms with Gasteiger partial charge in [-0.25, -0.2) is 22.6 Å². The molecule has 0 saturated carbocycles. The zero-order valence-electron chi connectivity index (χ0n) is 14.9. The lowest BCUT2D eigenvalue weighted by atomic mass is 9.96. The summed E-state index contributed by atoms with van der Waals surface area (Å²) in [5.41, 5.74) is -3.04. The number of benzene rings is 2. The fourth-order valence-electron chi connectivity index (χ4n) is 2.78. The van der Waals surface area contributed by atoms with Gasteiger partial charge in [0.25, 0.3) is 5.91 Å². The van der Waals surface area contributed by atoms with Crippen molar-refractivity contribution in [1.82, 2.24) is 0 Å². The van der Waals surface area contributed by atoms with Gasteiger partial charge in [0.2, 0.25) is 0 Å². The van der Waals surface area contributed by atoms with E-state index in [1.165, 1.54) is 0 Å². The first-order valence-corrected chi connectivity index (χ1v) is 8.26. The number of dihydropyridines is 1. The van der Waals surface area contributed by atoms with Crippen LogP contribution in [0.1, 0.15) is 22.3 Å². The van der Waals surface area contributed by atoms with Crippen LogP contribution in [-0.2, 0) is 0 Å². The number of allylic oxidation sites excluding steroid dienone is 2. The van der Waals surface area contributed by atoms with E-state index in [0.29, 0.717) is 18.2 Å². The monoisotopic (exact) mass is 428 g/mol. The topological polar surface area (TPSA) is 41.5 Å². The summed E-state index contributed by atoms with van der Waals surface area (Å²) >= 11 is 0. The van der Waals surface area contributed by atoms with Crippen LogP contribution >= 0.6 is 0 Å². The summed E-state index contributed by atoms with van der Waals surface area (Å²) in [6.45, 7) is 3.39. The maximum Gasteiger partial charge on any atom is 0.433 e. The second-order valence-electron chi connectivity index (χ2n) is 6.27. The highest BCUT2D eigenvalue weighted by molar-refractivity contribution is 6.07. The second-order valence-corrected chi connectivity index (χ2v) is 6.27. The zero-order chi connectivity index (χ0) is 22.2. The van der Waals surface area contributed by atoms with Crippen molar-refractivity contribution < 1.29 is 35.5 Å². The number of alkyl halides is 3. The molecule has 0 unspecified atom stereocenters. The Morgan fingerprint density at radius 1 is 1.00 bits per heavy atom. The highest BCUT2D eigenvalue weighted by atomic mass is 19.4. The standard InChI is InChI=1S/C20H11F7N2O/c1-9-6-10(7-16(28-9)20(25,26)27)12-3-2-11(8-15(12)23)29-19(30)17-13(21)4-5-14(22)18(17)24/h2-5,7-8H,1,6H2,(H,29,30). The Hall–Kier alpha value is -3.43. The first-order valence-electron chi connectivity index (χ1n) is 8.26. The smallest absolute Gasteiger partial charge is 0.322 e.